The highest BCUT2D eigenvalue weighted by Gasteiger charge is 2.31. The van der Waals surface area contributed by atoms with E-state index >= 15 is 0 Å². The molecule has 1 atom stereocenters. The van der Waals surface area contributed by atoms with E-state index in [2.05, 4.69) is 5.32 Å². The van der Waals surface area contributed by atoms with Crippen LogP contribution in [0.3, 0.4) is 0 Å². The van der Waals surface area contributed by atoms with E-state index in [9.17, 15) is 18.0 Å². The van der Waals surface area contributed by atoms with Crippen LogP contribution in [0.2, 0.25) is 5.02 Å². The zero-order valence-electron chi connectivity index (χ0n) is 20.7. The molecule has 1 N–H and O–H groups in total. The molecule has 35 heavy (non-hydrogen) atoms. The number of methoxy groups -OCH3 is 2. The maximum absolute atomic E-state index is 13.6. The van der Waals surface area contributed by atoms with E-state index in [1.165, 1.54) is 25.2 Å². The number of rotatable bonds is 11. The number of ether oxygens (including phenoxy) is 2. The predicted octanol–water partition coefficient (Wildman–Crippen LogP) is 3.07. The summed E-state index contributed by atoms with van der Waals surface area (Å²) < 4.78 is 37.0. The predicted molar refractivity (Wildman–Crippen MR) is 136 cm³/mol. The van der Waals surface area contributed by atoms with Crippen molar-refractivity contribution in [3.8, 4) is 11.5 Å². The van der Waals surface area contributed by atoms with Crippen LogP contribution in [0.25, 0.3) is 0 Å². The van der Waals surface area contributed by atoms with Gasteiger partial charge in [0.2, 0.25) is 21.8 Å². The van der Waals surface area contributed by atoms with Gasteiger partial charge in [-0.1, -0.05) is 23.7 Å². The van der Waals surface area contributed by atoms with Crippen LogP contribution in [0, 0.1) is 0 Å². The highest BCUT2D eigenvalue weighted by Crippen LogP contribution is 2.34. The van der Waals surface area contributed by atoms with Crippen LogP contribution < -0.4 is 19.1 Å². The SMILES string of the molecule is COc1ccc(OC)c(N(CC(=O)N(Cc2ccc(Cl)cc2)[C@@H](C)C(=O)NC(C)C)S(C)(=O)=O)c1. The second-order valence-corrected chi connectivity index (χ2v) is 10.6. The molecule has 0 unspecified atom stereocenters. The minimum atomic E-state index is -3.92. The number of benzene rings is 2. The summed E-state index contributed by atoms with van der Waals surface area (Å²) >= 11 is 5.98. The standard InChI is InChI=1S/C24H32ClN3O6S/c1-16(2)26-24(30)17(3)27(14-18-7-9-19(25)10-8-18)23(29)15-28(35(6,31)32)21-13-20(33-4)11-12-22(21)34-5/h7-13,16-17H,14-15H2,1-6H3,(H,26,30)/t17-/m0/s1. The lowest BCUT2D eigenvalue weighted by atomic mass is 10.1. The molecule has 2 rings (SSSR count). The summed E-state index contributed by atoms with van der Waals surface area (Å²) in [6.45, 7) is 4.76. The zero-order valence-corrected chi connectivity index (χ0v) is 22.3. The lowest BCUT2D eigenvalue weighted by molar-refractivity contribution is -0.139. The van der Waals surface area contributed by atoms with Gasteiger partial charge in [-0.25, -0.2) is 8.42 Å². The van der Waals surface area contributed by atoms with Gasteiger partial charge in [0.05, 0.1) is 26.2 Å². The van der Waals surface area contributed by atoms with E-state index in [-0.39, 0.29) is 29.9 Å². The van der Waals surface area contributed by atoms with Gasteiger partial charge in [-0.15, -0.1) is 0 Å². The molecule has 0 aliphatic rings. The molecule has 0 spiro atoms. The molecular weight excluding hydrogens is 494 g/mol. The van der Waals surface area contributed by atoms with Crippen LogP contribution in [0.5, 0.6) is 11.5 Å². The molecular formula is C24H32ClN3O6S. The Morgan fingerprint density at radius 2 is 1.66 bits per heavy atom. The Bertz CT molecular complexity index is 1140. The molecule has 0 radical (unpaired) electrons. The Morgan fingerprint density at radius 3 is 2.17 bits per heavy atom. The third kappa shape index (κ3) is 7.76. The van der Waals surface area contributed by atoms with Crippen LogP contribution in [0.4, 0.5) is 5.69 Å². The summed E-state index contributed by atoms with van der Waals surface area (Å²) in [4.78, 5) is 27.7. The van der Waals surface area contributed by atoms with Crippen LogP contribution >= 0.6 is 11.6 Å². The fourth-order valence-electron chi connectivity index (χ4n) is 3.36. The highest BCUT2D eigenvalue weighted by atomic mass is 35.5. The topological polar surface area (TPSA) is 105 Å². The Kier molecular flexibility index (Phi) is 9.79. The minimum Gasteiger partial charge on any atom is -0.497 e. The van der Waals surface area contributed by atoms with Gasteiger partial charge in [0.15, 0.2) is 0 Å². The quantitative estimate of drug-likeness (QED) is 0.483. The van der Waals surface area contributed by atoms with Crippen molar-refractivity contribution in [3.05, 3.63) is 53.1 Å². The molecule has 0 heterocycles. The molecule has 0 aliphatic carbocycles. The van der Waals surface area contributed by atoms with Gasteiger partial charge in [-0.2, -0.15) is 0 Å². The molecule has 0 saturated carbocycles. The normalized spacial score (nSPS) is 12.1. The van der Waals surface area contributed by atoms with Crippen molar-refractivity contribution in [2.45, 2.75) is 39.4 Å². The first-order chi connectivity index (χ1) is 16.4. The smallest absolute Gasteiger partial charge is 0.244 e. The van der Waals surface area contributed by atoms with Crippen molar-refractivity contribution < 1.29 is 27.5 Å². The van der Waals surface area contributed by atoms with Gasteiger partial charge < -0.3 is 19.7 Å². The Balaban J connectivity index is 2.47. The summed E-state index contributed by atoms with van der Waals surface area (Å²) in [6, 6.07) is 10.5. The van der Waals surface area contributed by atoms with E-state index in [0.29, 0.717) is 10.8 Å². The molecule has 2 aromatic carbocycles. The van der Waals surface area contributed by atoms with Gasteiger partial charge in [0.1, 0.15) is 24.1 Å². The first kappa shape index (κ1) is 28.3. The third-order valence-corrected chi connectivity index (χ3v) is 6.58. The molecule has 0 aliphatic heterocycles. The molecule has 0 bridgehead atoms. The molecule has 11 heteroatoms. The Labute approximate surface area is 212 Å². The van der Waals surface area contributed by atoms with Crippen molar-refractivity contribution in [3.63, 3.8) is 0 Å². The maximum atomic E-state index is 13.6. The fraction of sp³-hybridized carbons (Fsp3) is 0.417. The molecule has 9 nitrogen and oxygen atoms in total. The number of hydrogen-bond acceptors (Lipinski definition) is 6. The van der Waals surface area contributed by atoms with Crippen LogP contribution in [0.15, 0.2) is 42.5 Å². The lowest BCUT2D eigenvalue weighted by Gasteiger charge is -2.32. The zero-order chi connectivity index (χ0) is 26.3. The van der Waals surface area contributed by atoms with Crippen LogP contribution in [-0.2, 0) is 26.2 Å². The first-order valence-electron chi connectivity index (χ1n) is 10.9. The number of amides is 2. The largest absolute Gasteiger partial charge is 0.497 e. The van der Waals surface area contributed by atoms with Crippen molar-refractivity contribution in [2.75, 3.05) is 31.3 Å². The highest BCUT2D eigenvalue weighted by molar-refractivity contribution is 7.92. The summed E-state index contributed by atoms with van der Waals surface area (Å²) in [6.07, 6.45) is 0.998. The lowest BCUT2D eigenvalue weighted by Crippen LogP contribution is -2.52. The van der Waals surface area contributed by atoms with E-state index in [4.69, 9.17) is 21.1 Å². The van der Waals surface area contributed by atoms with E-state index in [1.807, 2.05) is 13.8 Å². The van der Waals surface area contributed by atoms with Crippen molar-refractivity contribution in [1.29, 1.82) is 0 Å². The van der Waals surface area contributed by atoms with Crippen molar-refractivity contribution in [2.24, 2.45) is 0 Å². The molecule has 192 valence electrons. The summed E-state index contributed by atoms with van der Waals surface area (Å²) in [5.74, 6) is -0.280. The van der Waals surface area contributed by atoms with E-state index < -0.39 is 28.5 Å². The average Bonchev–Trinajstić information content (AvgIpc) is 2.79. The first-order valence-corrected chi connectivity index (χ1v) is 13.1. The van der Waals surface area contributed by atoms with Crippen molar-refractivity contribution in [1.82, 2.24) is 10.2 Å². The molecule has 0 fully saturated rings. The number of nitrogens with one attached hydrogen (secondary N) is 1. The minimum absolute atomic E-state index is 0.0789. The number of anilines is 1. The third-order valence-electron chi connectivity index (χ3n) is 5.20. The molecule has 2 amide bonds. The second-order valence-electron chi connectivity index (χ2n) is 8.29. The van der Waals surface area contributed by atoms with Gasteiger partial charge >= 0.3 is 0 Å². The maximum Gasteiger partial charge on any atom is 0.244 e. The van der Waals surface area contributed by atoms with Gasteiger partial charge in [0.25, 0.3) is 0 Å². The number of carbonyl (C=O) groups is 2. The fourth-order valence-corrected chi connectivity index (χ4v) is 4.33. The molecule has 2 aromatic rings. The second kappa shape index (κ2) is 12.1. The molecule has 0 aromatic heterocycles. The average molecular weight is 526 g/mol. The van der Waals surface area contributed by atoms with Gasteiger partial charge in [0, 0.05) is 23.7 Å². The summed E-state index contributed by atoms with van der Waals surface area (Å²) in [5, 5.41) is 3.33. The van der Waals surface area contributed by atoms with Gasteiger partial charge in [-0.3, -0.25) is 13.9 Å². The van der Waals surface area contributed by atoms with Gasteiger partial charge in [-0.05, 0) is 50.6 Å². The number of carbonyl (C=O) groups excluding carboxylic acids is 2. The Hall–Kier alpha value is -2.98. The molecule has 0 saturated heterocycles. The van der Waals surface area contributed by atoms with E-state index in [1.54, 1.807) is 43.3 Å². The summed E-state index contributed by atoms with van der Waals surface area (Å²) in [5.41, 5.74) is 0.880. The number of hydrogen-bond donors (Lipinski definition) is 1. The van der Waals surface area contributed by atoms with Crippen LogP contribution in [0.1, 0.15) is 26.3 Å². The van der Waals surface area contributed by atoms with Crippen LogP contribution in [-0.4, -0.2) is 64.2 Å². The number of halogens is 1. The number of sulfonamides is 1. The summed E-state index contributed by atoms with van der Waals surface area (Å²) in [7, 11) is -1.06. The monoisotopic (exact) mass is 525 g/mol. The number of nitrogens with zero attached hydrogens (tertiary/aromatic N) is 2. The Morgan fingerprint density at radius 1 is 1.03 bits per heavy atom. The van der Waals surface area contributed by atoms with E-state index in [0.717, 1.165) is 16.1 Å². The van der Waals surface area contributed by atoms with Crippen molar-refractivity contribution >= 4 is 39.1 Å².